The van der Waals surface area contributed by atoms with Gasteiger partial charge >= 0.3 is 0 Å². The predicted molar refractivity (Wildman–Crippen MR) is 115 cm³/mol. The Balaban J connectivity index is 1.46. The predicted octanol–water partition coefficient (Wildman–Crippen LogP) is 5.60. The maximum atomic E-state index is 12.5. The van der Waals surface area contributed by atoms with Crippen molar-refractivity contribution in [1.82, 2.24) is 4.98 Å². The maximum absolute atomic E-state index is 12.5. The number of rotatable bonds is 6. The minimum Gasteiger partial charge on any atom is -0.441 e. The van der Waals surface area contributed by atoms with Gasteiger partial charge in [0.2, 0.25) is 5.91 Å². The molecule has 0 unspecified atom stereocenters. The van der Waals surface area contributed by atoms with Gasteiger partial charge in [-0.25, -0.2) is 4.98 Å². The van der Waals surface area contributed by atoms with Crippen LogP contribution in [-0.2, 0) is 4.79 Å². The molecule has 1 aromatic heterocycles. The van der Waals surface area contributed by atoms with Crippen LogP contribution in [0.2, 0.25) is 0 Å². The normalized spacial score (nSPS) is 11.1. The average molecular weight is 388 g/mol. The van der Waals surface area contributed by atoms with Crippen LogP contribution in [-0.4, -0.2) is 16.6 Å². The lowest BCUT2D eigenvalue weighted by Gasteiger charge is -2.17. The molecule has 0 radical (unpaired) electrons. The molecule has 0 aliphatic rings. The number of hydrogen-bond acceptors (Lipinski definition) is 4. The summed E-state index contributed by atoms with van der Waals surface area (Å²) in [6, 6.07) is 26.0. The molecule has 28 heavy (non-hydrogen) atoms. The van der Waals surface area contributed by atoms with Gasteiger partial charge in [-0.05, 0) is 29.3 Å². The van der Waals surface area contributed by atoms with Crippen LogP contribution in [0.5, 0.6) is 0 Å². The van der Waals surface area contributed by atoms with Crippen molar-refractivity contribution >= 4 is 34.5 Å². The fourth-order valence-electron chi connectivity index (χ4n) is 3.12. The highest BCUT2D eigenvalue weighted by molar-refractivity contribution is 8.00. The van der Waals surface area contributed by atoms with E-state index in [2.05, 4.69) is 34.6 Å². The molecule has 1 amide bonds. The summed E-state index contributed by atoms with van der Waals surface area (Å²) in [5, 5.41) is 3.07. The molecule has 0 aliphatic carbocycles. The summed E-state index contributed by atoms with van der Waals surface area (Å²) in [4.78, 5) is 16.9. The molecule has 4 rings (SSSR count). The van der Waals surface area contributed by atoms with Crippen molar-refractivity contribution in [1.29, 1.82) is 0 Å². The molecule has 0 saturated carbocycles. The molecule has 0 fully saturated rings. The number of carbonyl (C=O) groups excluding carboxylic acids is 1. The number of oxazole rings is 1. The van der Waals surface area contributed by atoms with E-state index in [-0.39, 0.29) is 11.2 Å². The van der Waals surface area contributed by atoms with Crippen LogP contribution in [0.3, 0.4) is 0 Å². The van der Waals surface area contributed by atoms with E-state index in [0.29, 0.717) is 11.6 Å². The monoisotopic (exact) mass is 388 g/mol. The van der Waals surface area contributed by atoms with Crippen molar-refractivity contribution in [3.8, 4) is 0 Å². The number of nitrogens with one attached hydrogen (secondary N) is 1. The molecule has 1 N–H and O–H groups in total. The number of benzene rings is 3. The first-order valence-electron chi connectivity index (χ1n) is 9.07. The second kappa shape index (κ2) is 8.31. The molecule has 0 atom stereocenters. The topological polar surface area (TPSA) is 55.1 Å². The van der Waals surface area contributed by atoms with E-state index in [1.165, 1.54) is 11.1 Å². The molecule has 1 heterocycles. The Morgan fingerprint density at radius 3 is 2.29 bits per heavy atom. The van der Waals surface area contributed by atoms with E-state index in [0.717, 1.165) is 16.8 Å². The van der Waals surface area contributed by atoms with E-state index < -0.39 is 0 Å². The van der Waals surface area contributed by atoms with Crippen LogP contribution in [0.25, 0.3) is 11.1 Å². The lowest BCUT2D eigenvalue weighted by atomic mass is 10.0. The highest BCUT2D eigenvalue weighted by Crippen LogP contribution is 2.35. The molecule has 4 aromatic rings. The van der Waals surface area contributed by atoms with Crippen molar-refractivity contribution in [2.75, 3.05) is 11.1 Å². The third-order valence-corrected chi connectivity index (χ3v) is 5.67. The number of anilines is 1. The first kappa shape index (κ1) is 18.3. The highest BCUT2D eigenvalue weighted by atomic mass is 32.2. The molecule has 0 bridgehead atoms. The molecule has 0 spiro atoms. The number of thioether (sulfide) groups is 1. The zero-order valence-corrected chi connectivity index (χ0v) is 16.3. The van der Waals surface area contributed by atoms with Gasteiger partial charge in [0.05, 0.1) is 11.0 Å². The number of hydrogen-bond donors (Lipinski definition) is 1. The van der Waals surface area contributed by atoms with Gasteiger partial charge in [-0.15, -0.1) is 11.8 Å². The van der Waals surface area contributed by atoms with Crippen LogP contribution in [0.1, 0.15) is 22.3 Å². The number of fused-ring (bicyclic) bond motifs is 1. The minimum atomic E-state index is -0.0403. The van der Waals surface area contributed by atoms with E-state index in [4.69, 9.17) is 4.42 Å². The molecule has 5 heteroatoms. The molecule has 4 nitrogen and oxygen atoms in total. The molecular formula is C23H20N2O2S. The van der Waals surface area contributed by atoms with Crippen LogP contribution in [0.4, 0.5) is 5.69 Å². The average Bonchev–Trinajstić information content (AvgIpc) is 3.09. The summed E-state index contributed by atoms with van der Waals surface area (Å²) in [6.45, 7) is 1.81. The van der Waals surface area contributed by atoms with Gasteiger partial charge in [0.1, 0.15) is 5.52 Å². The summed E-state index contributed by atoms with van der Waals surface area (Å²) in [7, 11) is 0. The number of aromatic nitrogens is 1. The van der Waals surface area contributed by atoms with Gasteiger partial charge in [0.25, 0.3) is 0 Å². The van der Waals surface area contributed by atoms with Gasteiger partial charge in [-0.1, -0.05) is 60.7 Å². The summed E-state index contributed by atoms with van der Waals surface area (Å²) in [6.07, 6.45) is 0. The van der Waals surface area contributed by atoms with E-state index in [1.54, 1.807) is 11.8 Å². The molecular weight excluding hydrogens is 368 g/mol. The fraction of sp³-hybridized carbons (Fsp3) is 0.130. The summed E-state index contributed by atoms with van der Waals surface area (Å²) < 4.78 is 5.48. The second-order valence-corrected chi connectivity index (χ2v) is 7.57. The van der Waals surface area contributed by atoms with E-state index >= 15 is 0 Å². The van der Waals surface area contributed by atoms with Crippen LogP contribution >= 0.6 is 11.8 Å². The molecule has 140 valence electrons. The Morgan fingerprint density at radius 2 is 1.64 bits per heavy atom. The number of amides is 1. The summed E-state index contributed by atoms with van der Waals surface area (Å²) in [5.74, 6) is 0.925. The summed E-state index contributed by atoms with van der Waals surface area (Å²) in [5.41, 5.74) is 4.56. The van der Waals surface area contributed by atoms with E-state index in [9.17, 15) is 4.79 Å². The Morgan fingerprint density at radius 1 is 1.00 bits per heavy atom. The Bertz CT molecular complexity index is 1040. The molecule has 0 saturated heterocycles. The van der Waals surface area contributed by atoms with Crippen LogP contribution in [0.15, 0.2) is 83.3 Å². The summed E-state index contributed by atoms with van der Waals surface area (Å²) >= 11 is 1.62. The van der Waals surface area contributed by atoms with Crippen LogP contribution < -0.4 is 5.32 Å². The Kier molecular flexibility index (Phi) is 5.44. The van der Waals surface area contributed by atoms with Gasteiger partial charge in [0.15, 0.2) is 11.5 Å². The van der Waals surface area contributed by atoms with Gasteiger partial charge in [0, 0.05) is 12.6 Å². The van der Waals surface area contributed by atoms with Crippen molar-refractivity contribution in [2.24, 2.45) is 0 Å². The Labute approximate surface area is 168 Å². The van der Waals surface area contributed by atoms with Gasteiger partial charge < -0.3 is 9.73 Å². The van der Waals surface area contributed by atoms with Crippen molar-refractivity contribution in [2.45, 2.75) is 12.2 Å². The smallest absolute Gasteiger partial charge is 0.234 e. The lowest BCUT2D eigenvalue weighted by Crippen LogP contribution is -2.15. The highest BCUT2D eigenvalue weighted by Gasteiger charge is 2.16. The maximum Gasteiger partial charge on any atom is 0.234 e. The Hall–Kier alpha value is -3.05. The van der Waals surface area contributed by atoms with Gasteiger partial charge in [-0.2, -0.15) is 0 Å². The molecule has 3 aromatic carbocycles. The van der Waals surface area contributed by atoms with Crippen molar-refractivity contribution < 1.29 is 9.21 Å². The number of nitrogens with zero attached hydrogens (tertiary/aromatic N) is 1. The standard InChI is InChI=1S/C23H20N2O2S/c1-16-24-20-14-19(12-13-21(20)27-16)25-22(26)15-28-23(17-8-4-2-5-9-17)18-10-6-3-7-11-18/h2-14,23H,15H2,1H3,(H,25,26). The minimum absolute atomic E-state index is 0.0403. The number of aryl methyl sites for hydroxylation is 1. The SMILES string of the molecule is Cc1nc2cc(NC(=O)CSC(c3ccccc3)c3ccccc3)ccc2o1. The van der Waals surface area contributed by atoms with Crippen molar-refractivity contribution in [3.63, 3.8) is 0 Å². The third kappa shape index (κ3) is 4.26. The first-order chi connectivity index (χ1) is 13.7. The second-order valence-electron chi connectivity index (χ2n) is 6.48. The largest absolute Gasteiger partial charge is 0.441 e. The lowest BCUT2D eigenvalue weighted by molar-refractivity contribution is -0.113. The zero-order chi connectivity index (χ0) is 19.3. The fourth-order valence-corrected chi connectivity index (χ4v) is 4.21. The number of carbonyl (C=O) groups is 1. The quantitative estimate of drug-likeness (QED) is 0.467. The van der Waals surface area contributed by atoms with Crippen LogP contribution in [0, 0.1) is 6.92 Å². The molecule has 0 aliphatic heterocycles. The first-order valence-corrected chi connectivity index (χ1v) is 10.1. The zero-order valence-electron chi connectivity index (χ0n) is 15.5. The third-order valence-electron chi connectivity index (χ3n) is 4.36. The van der Waals surface area contributed by atoms with E-state index in [1.807, 2.05) is 61.5 Å². The van der Waals surface area contributed by atoms with Gasteiger partial charge in [-0.3, -0.25) is 4.79 Å². The van der Waals surface area contributed by atoms with Crippen molar-refractivity contribution in [3.05, 3.63) is 95.9 Å².